The zero-order valence-corrected chi connectivity index (χ0v) is 10.9. The molecule has 0 aromatic heterocycles. The van der Waals surface area contributed by atoms with Crippen LogP contribution in [0.2, 0.25) is 10.0 Å². The summed E-state index contributed by atoms with van der Waals surface area (Å²) in [5.74, 6) is 0.0666. The molecule has 0 aliphatic carbocycles. The Balaban J connectivity index is 2.94. The lowest BCUT2D eigenvalue weighted by Crippen LogP contribution is -1.94. The Morgan fingerprint density at radius 2 is 2.06 bits per heavy atom. The molecule has 0 heterocycles. The van der Waals surface area contributed by atoms with E-state index in [2.05, 4.69) is 15.2 Å². The van der Waals surface area contributed by atoms with E-state index < -0.39 is 7.82 Å². The molecule has 0 saturated heterocycles. The topological polar surface area (TPSA) is 44.8 Å². The number of hydrogen-bond donors (Lipinski definition) is 0. The molecule has 0 fully saturated rings. The minimum atomic E-state index is -3.94. The van der Waals surface area contributed by atoms with Crippen LogP contribution in [0.5, 0.6) is 5.75 Å². The summed E-state index contributed by atoms with van der Waals surface area (Å²) in [6.45, 7) is 3.20. The van der Waals surface area contributed by atoms with Gasteiger partial charge in [-0.05, 0) is 18.2 Å². The van der Waals surface area contributed by atoms with Crippen LogP contribution in [-0.4, -0.2) is 0 Å². The first-order valence-corrected chi connectivity index (χ1v) is 6.37. The van der Waals surface area contributed by atoms with Gasteiger partial charge in [-0.25, -0.2) is 4.57 Å². The maximum atomic E-state index is 11.6. The van der Waals surface area contributed by atoms with Gasteiger partial charge in [-0.2, -0.15) is 4.08 Å². The smallest absolute Gasteiger partial charge is 0.403 e. The highest BCUT2D eigenvalue weighted by Crippen LogP contribution is 2.52. The van der Waals surface area contributed by atoms with Crippen molar-refractivity contribution >= 4 is 42.9 Å². The molecule has 0 amide bonds. The molecule has 1 aromatic rings. The number of hydrogen-bond acceptors (Lipinski definition) is 4. The van der Waals surface area contributed by atoms with Crippen LogP contribution in [0.25, 0.3) is 0 Å². The standard InChI is InChI=1S/C8H6Cl3O4P/c1-2-13-16(12,15-11)14-8-4-3-6(9)5-7(8)10/h2-5H,1H2. The number of phosphoric acid groups is 1. The van der Waals surface area contributed by atoms with Crippen molar-refractivity contribution in [3.8, 4) is 5.75 Å². The van der Waals surface area contributed by atoms with E-state index in [0.717, 1.165) is 6.26 Å². The predicted molar refractivity (Wildman–Crippen MR) is 62.9 cm³/mol. The van der Waals surface area contributed by atoms with Gasteiger partial charge in [0, 0.05) is 5.02 Å². The van der Waals surface area contributed by atoms with E-state index in [4.69, 9.17) is 39.6 Å². The van der Waals surface area contributed by atoms with Crippen molar-refractivity contribution in [1.82, 2.24) is 0 Å². The maximum Gasteiger partial charge on any atom is 0.604 e. The number of benzene rings is 1. The van der Waals surface area contributed by atoms with Crippen molar-refractivity contribution in [2.45, 2.75) is 0 Å². The summed E-state index contributed by atoms with van der Waals surface area (Å²) in [5, 5.41) is 0.553. The highest BCUT2D eigenvalue weighted by molar-refractivity contribution is 7.50. The van der Waals surface area contributed by atoms with E-state index in [0.29, 0.717) is 5.02 Å². The van der Waals surface area contributed by atoms with Crippen molar-refractivity contribution in [2.75, 3.05) is 0 Å². The molecule has 0 radical (unpaired) electrons. The zero-order valence-electron chi connectivity index (χ0n) is 7.73. The van der Waals surface area contributed by atoms with E-state index >= 15 is 0 Å². The van der Waals surface area contributed by atoms with E-state index in [1.165, 1.54) is 18.2 Å². The fourth-order valence-corrected chi connectivity index (χ4v) is 2.18. The van der Waals surface area contributed by atoms with Gasteiger partial charge in [0.25, 0.3) is 0 Å². The maximum absolute atomic E-state index is 11.6. The van der Waals surface area contributed by atoms with E-state index in [1.807, 2.05) is 0 Å². The van der Waals surface area contributed by atoms with Gasteiger partial charge < -0.3 is 9.05 Å². The highest BCUT2D eigenvalue weighted by atomic mass is 35.5. The minimum absolute atomic E-state index is 0.0666. The lowest BCUT2D eigenvalue weighted by atomic mass is 10.3. The van der Waals surface area contributed by atoms with Crippen LogP contribution < -0.4 is 4.52 Å². The van der Waals surface area contributed by atoms with Gasteiger partial charge in [0.05, 0.1) is 23.2 Å². The van der Waals surface area contributed by atoms with Gasteiger partial charge in [0.1, 0.15) is 0 Å². The summed E-state index contributed by atoms with van der Waals surface area (Å²) in [6, 6.07) is 4.31. The van der Waals surface area contributed by atoms with Crippen molar-refractivity contribution < 1.29 is 17.7 Å². The van der Waals surface area contributed by atoms with Crippen LogP contribution in [0.3, 0.4) is 0 Å². The predicted octanol–water partition coefficient (Wildman–Crippen LogP) is 4.81. The van der Waals surface area contributed by atoms with Gasteiger partial charge in [-0.1, -0.05) is 29.8 Å². The van der Waals surface area contributed by atoms with Crippen molar-refractivity contribution in [3.63, 3.8) is 0 Å². The first kappa shape index (κ1) is 13.7. The Kier molecular flexibility index (Phi) is 4.96. The fraction of sp³-hybridized carbons (Fsp3) is 0. The summed E-state index contributed by atoms with van der Waals surface area (Å²) < 4.78 is 25.1. The Labute approximate surface area is 107 Å². The Morgan fingerprint density at radius 1 is 1.38 bits per heavy atom. The quantitative estimate of drug-likeness (QED) is 0.578. The van der Waals surface area contributed by atoms with Gasteiger partial charge in [0.2, 0.25) is 0 Å². The lowest BCUT2D eigenvalue weighted by Gasteiger charge is -2.13. The average Bonchev–Trinajstić information content (AvgIpc) is 2.23. The second-order valence-corrected chi connectivity index (χ2v) is 5.14. The summed E-state index contributed by atoms with van der Waals surface area (Å²) in [6.07, 6.45) is 0.882. The van der Waals surface area contributed by atoms with E-state index in [-0.39, 0.29) is 10.8 Å². The van der Waals surface area contributed by atoms with Crippen LogP contribution >= 0.6 is 42.9 Å². The van der Waals surface area contributed by atoms with Gasteiger partial charge in [0.15, 0.2) is 5.75 Å². The summed E-state index contributed by atoms with van der Waals surface area (Å²) in [7, 11) is -3.94. The molecule has 8 heteroatoms. The summed E-state index contributed by atoms with van der Waals surface area (Å²) in [5.41, 5.74) is 0. The second-order valence-electron chi connectivity index (χ2n) is 2.45. The fourth-order valence-electron chi connectivity index (χ4n) is 0.813. The van der Waals surface area contributed by atoms with Gasteiger partial charge >= 0.3 is 7.82 Å². The van der Waals surface area contributed by atoms with Crippen LogP contribution in [-0.2, 0) is 13.2 Å². The third-order valence-electron chi connectivity index (χ3n) is 1.39. The van der Waals surface area contributed by atoms with Gasteiger partial charge in [-0.3, -0.25) is 0 Å². The Hall–Kier alpha value is -0.380. The monoisotopic (exact) mass is 302 g/mol. The molecule has 0 N–H and O–H groups in total. The molecule has 1 rings (SSSR count). The van der Waals surface area contributed by atoms with Crippen LogP contribution in [0, 0.1) is 0 Å². The molecule has 0 spiro atoms. The molecule has 0 saturated carbocycles. The first-order valence-electron chi connectivity index (χ1n) is 3.85. The molecule has 1 unspecified atom stereocenters. The molecule has 16 heavy (non-hydrogen) atoms. The van der Waals surface area contributed by atoms with Crippen molar-refractivity contribution in [2.24, 2.45) is 0 Å². The Bertz CT molecular complexity index is 437. The van der Waals surface area contributed by atoms with Gasteiger partial charge in [-0.15, -0.1) is 0 Å². The lowest BCUT2D eigenvalue weighted by molar-refractivity contribution is 0.282. The molecular weight excluding hydrogens is 297 g/mol. The molecular formula is C8H6Cl3O4P. The highest BCUT2D eigenvalue weighted by Gasteiger charge is 2.29. The Morgan fingerprint density at radius 3 is 2.56 bits per heavy atom. The third kappa shape index (κ3) is 3.58. The number of phosphoric ester groups is 1. The second kappa shape index (κ2) is 5.80. The normalized spacial score (nSPS) is 13.9. The third-order valence-corrected chi connectivity index (χ3v) is 3.43. The molecule has 1 atom stereocenters. The van der Waals surface area contributed by atoms with E-state index in [1.54, 1.807) is 0 Å². The minimum Gasteiger partial charge on any atom is -0.403 e. The summed E-state index contributed by atoms with van der Waals surface area (Å²) >= 11 is 16.4. The van der Waals surface area contributed by atoms with Crippen molar-refractivity contribution in [1.29, 1.82) is 0 Å². The SMILES string of the molecule is C=COP(=O)(OCl)Oc1ccc(Cl)cc1Cl. The first-order chi connectivity index (χ1) is 7.50. The van der Waals surface area contributed by atoms with Crippen LogP contribution in [0.1, 0.15) is 0 Å². The molecule has 0 aliphatic rings. The molecule has 1 aromatic carbocycles. The summed E-state index contributed by atoms with van der Waals surface area (Å²) in [4.78, 5) is 0. The zero-order chi connectivity index (χ0) is 12.2. The van der Waals surface area contributed by atoms with Crippen molar-refractivity contribution in [3.05, 3.63) is 41.1 Å². The van der Waals surface area contributed by atoms with E-state index in [9.17, 15) is 4.57 Å². The molecule has 88 valence electrons. The largest absolute Gasteiger partial charge is 0.604 e. The number of halogens is 3. The average molecular weight is 303 g/mol. The molecule has 0 aliphatic heterocycles. The molecule has 0 bridgehead atoms. The van der Waals surface area contributed by atoms with Crippen LogP contribution in [0.4, 0.5) is 0 Å². The number of rotatable bonds is 5. The molecule has 4 nitrogen and oxygen atoms in total. The van der Waals surface area contributed by atoms with Crippen LogP contribution in [0.15, 0.2) is 31.0 Å².